The number of aliphatic hydroxyl groups excluding tert-OH is 4. The normalized spacial score (nSPS) is 10.1. The second kappa shape index (κ2) is 16.4. The molecule has 0 saturated carbocycles. The molecule has 0 radical (unpaired) electrons. The highest BCUT2D eigenvalue weighted by Gasteiger charge is 1.92. The number of hydrogen-bond donors (Lipinski definition) is 5. The average Bonchev–Trinajstić information content (AvgIpc) is 2.28. The molecule has 0 rings (SSSR count). The molecule has 1 unspecified atom stereocenters. The predicted octanol–water partition coefficient (Wildman–Crippen LogP) is -1.44. The minimum atomic E-state index is -1.01. The summed E-state index contributed by atoms with van der Waals surface area (Å²) < 4.78 is 4.20. The lowest BCUT2D eigenvalue weighted by Crippen LogP contribution is -2.12. The van der Waals surface area contributed by atoms with Crippen LogP contribution in [0.15, 0.2) is 12.2 Å². The molecule has 0 heterocycles. The zero-order valence-electron chi connectivity index (χ0n) is 9.46. The van der Waals surface area contributed by atoms with E-state index in [0.29, 0.717) is 0 Å². The lowest BCUT2D eigenvalue weighted by molar-refractivity contribution is -0.132. The van der Waals surface area contributed by atoms with Gasteiger partial charge in [-0.15, -0.1) is 0 Å². The summed E-state index contributed by atoms with van der Waals surface area (Å²) in [6.45, 7) is 4.02. The topological polar surface area (TPSA) is 127 Å². The fourth-order valence-corrected chi connectivity index (χ4v) is 0.0745. The third-order valence-electron chi connectivity index (χ3n) is 0.893. The molecular weight excluding hydrogens is 220 g/mol. The highest BCUT2D eigenvalue weighted by molar-refractivity contribution is 5.84. The van der Waals surface area contributed by atoms with Gasteiger partial charge in [0.25, 0.3) is 0 Å². The molecular formula is C9H20O7. The molecule has 0 aromatic heterocycles. The molecule has 0 aliphatic carbocycles. The van der Waals surface area contributed by atoms with Crippen LogP contribution in [0.4, 0.5) is 0 Å². The van der Waals surface area contributed by atoms with Crippen molar-refractivity contribution in [2.75, 3.05) is 26.9 Å². The molecule has 0 fully saturated rings. The summed E-state index contributed by atoms with van der Waals surface area (Å²) in [7, 11) is 1.32. The summed E-state index contributed by atoms with van der Waals surface area (Å²) in [6.07, 6.45) is -1.01. The maximum Gasteiger partial charge on any atom is 0.330 e. The summed E-state index contributed by atoms with van der Waals surface area (Å²) >= 11 is 0. The number of carboxylic acids is 1. The van der Waals surface area contributed by atoms with Crippen LogP contribution in [0.25, 0.3) is 0 Å². The van der Waals surface area contributed by atoms with E-state index in [1.807, 2.05) is 0 Å². The number of rotatable bonds is 4. The monoisotopic (exact) mass is 240 g/mol. The van der Waals surface area contributed by atoms with Crippen molar-refractivity contribution >= 4 is 5.97 Å². The summed E-state index contributed by atoms with van der Waals surface area (Å²) in [4.78, 5) is 9.60. The number of aliphatic hydroxyl groups is 4. The van der Waals surface area contributed by atoms with Crippen LogP contribution in [0.1, 0.15) is 6.92 Å². The van der Waals surface area contributed by atoms with Gasteiger partial charge in [0.1, 0.15) is 0 Å². The van der Waals surface area contributed by atoms with Gasteiger partial charge < -0.3 is 30.3 Å². The van der Waals surface area contributed by atoms with Gasteiger partial charge in [0.2, 0.25) is 0 Å². The van der Waals surface area contributed by atoms with Crippen molar-refractivity contribution in [1.82, 2.24) is 0 Å². The molecule has 0 bridgehead atoms. The first-order chi connectivity index (χ1) is 7.37. The Kier molecular flexibility index (Phi) is 21.0. The van der Waals surface area contributed by atoms with Crippen molar-refractivity contribution in [3.05, 3.63) is 12.2 Å². The van der Waals surface area contributed by atoms with E-state index < -0.39 is 12.3 Å². The van der Waals surface area contributed by atoms with Gasteiger partial charge in [0, 0.05) is 12.7 Å². The summed E-state index contributed by atoms with van der Waals surface area (Å²) in [6, 6.07) is 0. The van der Waals surface area contributed by atoms with E-state index in [-0.39, 0.29) is 25.4 Å². The molecule has 0 aliphatic rings. The molecule has 0 aromatic rings. The van der Waals surface area contributed by atoms with Crippen LogP contribution in [-0.4, -0.2) is 64.7 Å². The first-order valence-electron chi connectivity index (χ1n) is 4.29. The van der Waals surface area contributed by atoms with E-state index in [2.05, 4.69) is 11.3 Å². The van der Waals surface area contributed by atoms with Crippen LogP contribution in [0.3, 0.4) is 0 Å². The van der Waals surface area contributed by atoms with Crippen LogP contribution in [0, 0.1) is 0 Å². The highest BCUT2D eigenvalue weighted by Crippen LogP contribution is 1.81. The van der Waals surface area contributed by atoms with Gasteiger partial charge in [0.15, 0.2) is 6.29 Å². The van der Waals surface area contributed by atoms with Crippen molar-refractivity contribution in [3.8, 4) is 0 Å². The third-order valence-corrected chi connectivity index (χ3v) is 0.893. The molecule has 0 amide bonds. The Balaban J connectivity index is -0.000000162. The van der Waals surface area contributed by atoms with E-state index in [0.717, 1.165) is 0 Å². The molecule has 0 spiro atoms. The maximum absolute atomic E-state index is 9.60. The molecule has 16 heavy (non-hydrogen) atoms. The van der Waals surface area contributed by atoms with Gasteiger partial charge in [-0.05, 0) is 6.92 Å². The fourth-order valence-electron chi connectivity index (χ4n) is 0.0745. The largest absolute Gasteiger partial charge is 0.478 e. The molecule has 7 heteroatoms. The molecule has 0 saturated heterocycles. The van der Waals surface area contributed by atoms with Crippen LogP contribution >= 0.6 is 0 Å². The molecule has 5 N–H and O–H groups in total. The number of carboxylic acid groups (broad SMARTS) is 1. The first-order valence-corrected chi connectivity index (χ1v) is 4.29. The van der Waals surface area contributed by atoms with E-state index in [4.69, 9.17) is 25.5 Å². The SMILES string of the molecule is C=C(C)C(=O)O.COC(O)CO.OCCO. The van der Waals surface area contributed by atoms with Gasteiger partial charge in [-0.1, -0.05) is 6.58 Å². The van der Waals surface area contributed by atoms with Crippen molar-refractivity contribution in [3.63, 3.8) is 0 Å². The Morgan fingerprint density at radius 3 is 1.62 bits per heavy atom. The molecule has 7 nitrogen and oxygen atoms in total. The summed E-state index contributed by atoms with van der Waals surface area (Å²) in [5, 5.41) is 39.3. The minimum absolute atomic E-state index is 0.125. The summed E-state index contributed by atoms with van der Waals surface area (Å²) in [5.41, 5.74) is 0.176. The number of aliphatic carboxylic acids is 1. The van der Waals surface area contributed by atoms with E-state index in [1.165, 1.54) is 14.0 Å². The fraction of sp³-hybridized carbons (Fsp3) is 0.667. The first kappa shape index (κ1) is 20.4. The van der Waals surface area contributed by atoms with Crippen molar-refractivity contribution in [2.45, 2.75) is 13.2 Å². The standard InChI is InChI=1S/C4H6O2.C3H8O3.C2H6O2/c1-3(2)4(5)6;1-6-3(5)2-4;3-1-2-4/h1H2,2H3,(H,5,6);3-5H,2H2,1H3;3-4H,1-2H2. The zero-order valence-corrected chi connectivity index (χ0v) is 9.46. The molecule has 0 aliphatic heterocycles. The second-order valence-corrected chi connectivity index (χ2v) is 2.41. The Morgan fingerprint density at radius 1 is 1.31 bits per heavy atom. The van der Waals surface area contributed by atoms with Gasteiger partial charge in [-0.2, -0.15) is 0 Å². The number of carbonyl (C=O) groups is 1. The Labute approximate surface area is 94.2 Å². The Morgan fingerprint density at radius 2 is 1.62 bits per heavy atom. The Bertz CT molecular complexity index is 151. The van der Waals surface area contributed by atoms with Crippen molar-refractivity contribution in [2.24, 2.45) is 0 Å². The summed E-state index contributed by atoms with van der Waals surface area (Å²) in [5.74, 6) is -0.935. The highest BCUT2D eigenvalue weighted by atomic mass is 16.6. The lowest BCUT2D eigenvalue weighted by Gasteiger charge is -1.99. The van der Waals surface area contributed by atoms with Crippen LogP contribution < -0.4 is 0 Å². The van der Waals surface area contributed by atoms with Gasteiger partial charge in [0.05, 0.1) is 19.8 Å². The molecule has 0 aromatic carbocycles. The quantitative estimate of drug-likeness (QED) is 0.301. The van der Waals surface area contributed by atoms with Gasteiger partial charge in [-0.25, -0.2) is 4.79 Å². The lowest BCUT2D eigenvalue weighted by atomic mass is 10.4. The van der Waals surface area contributed by atoms with E-state index in [9.17, 15) is 4.79 Å². The third kappa shape index (κ3) is 29.2. The number of methoxy groups -OCH3 is 1. The smallest absolute Gasteiger partial charge is 0.330 e. The average molecular weight is 240 g/mol. The maximum atomic E-state index is 9.60. The minimum Gasteiger partial charge on any atom is -0.478 e. The van der Waals surface area contributed by atoms with E-state index >= 15 is 0 Å². The number of hydrogen-bond acceptors (Lipinski definition) is 6. The van der Waals surface area contributed by atoms with Crippen LogP contribution in [0.5, 0.6) is 0 Å². The molecule has 1 atom stereocenters. The van der Waals surface area contributed by atoms with Crippen molar-refractivity contribution < 1.29 is 35.1 Å². The van der Waals surface area contributed by atoms with Gasteiger partial charge >= 0.3 is 5.97 Å². The Hall–Kier alpha value is -0.990. The predicted molar refractivity (Wildman–Crippen MR) is 56.7 cm³/mol. The second-order valence-electron chi connectivity index (χ2n) is 2.41. The number of ether oxygens (including phenoxy) is 1. The zero-order chi connectivity index (χ0) is 13.6. The molecule has 98 valence electrons. The van der Waals surface area contributed by atoms with Crippen LogP contribution in [-0.2, 0) is 9.53 Å². The van der Waals surface area contributed by atoms with Crippen molar-refractivity contribution in [1.29, 1.82) is 0 Å². The van der Waals surface area contributed by atoms with E-state index in [1.54, 1.807) is 0 Å². The van der Waals surface area contributed by atoms with Gasteiger partial charge in [-0.3, -0.25) is 0 Å². The van der Waals surface area contributed by atoms with Crippen LogP contribution in [0.2, 0.25) is 0 Å².